The summed E-state index contributed by atoms with van der Waals surface area (Å²) in [5, 5.41) is 3.70. The van der Waals surface area contributed by atoms with Crippen molar-refractivity contribution in [1.29, 1.82) is 0 Å². The maximum Gasteiger partial charge on any atom is 0.259 e. The van der Waals surface area contributed by atoms with Gasteiger partial charge in [-0.15, -0.1) is 11.3 Å². The van der Waals surface area contributed by atoms with Crippen LogP contribution < -0.4 is 10.9 Å². The molecule has 2 N–H and O–H groups in total. The predicted octanol–water partition coefficient (Wildman–Crippen LogP) is 2.77. The fraction of sp³-hybridized carbons (Fsp3) is 0.650. The van der Waals surface area contributed by atoms with E-state index in [0.717, 1.165) is 21.8 Å². The van der Waals surface area contributed by atoms with Crippen LogP contribution in [0.4, 0.5) is 0 Å². The minimum absolute atomic E-state index is 0.0155. The summed E-state index contributed by atoms with van der Waals surface area (Å²) >= 11 is 1.54. The van der Waals surface area contributed by atoms with E-state index < -0.39 is 0 Å². The number of rotatable bonds is 7. The van der Waals surface area contributed by atoms with E-state index in [-0.39, 0.29) is 11.5 Å². The number of nitrogens with one attached hydrogen (secondary N) is 2. The number of nitrogens with zero attached hydrogens (tertiary/aromatic N) is 2. The molecular formula is C20H30N4O2S. The minimum atomic E-state index is -0.104. The summed E-state index contributed by atoms with van der Waals surface area (Å²) < 4.78 is 0. The lowest BCUT2D eigenvalue weighted by atomic mass is 10.1. The van der Waals surface area contributed by atoms with Crippen molar-refractivity contribution in [3.8, 4) is 0 Å². The summed E-state index contributed by atoms with van der Waals surface area (Å²) in [5.74, 6) is 1.05. The molecule has 1 saturated heterocycles. The number of H-pyrrole nitrogens is 1. The first-order valence-corrected chi connectivity index (χ1v) is 10.7. The zero-order chi connectivity index (χ0) is 19.4. The SMILES string of the molecule is Cc1sc2nc(CCC(=O)NCC(C)CN3CCCCC3)[nH]c(=O)c2c1C. The summed E-state index contributed by atoms with van der Waals surface area (Å²) in [6, 6.07) is 0. The molecule has 0 spiro atoms. The summed E-state index contributed by atoms with van der Waals surface area (Å²) in [7, 11) is 0. The largest absolute Gasteiger partial charge is 0.356 e. The number of fused-ring (bicyclic) bond motifs is 1. The molecular weight excluding hydrogens is 360 g/mol. The summed E-state index contributed by atoms with van der Waals surface area (Å²) in [6.07, 6.45) is 4.71. The molecule has 1 unspecified atom stereocenters. The quantitative estimate of drug-likeness (QED) is 0.762. The Morgan fingerprint density at radius 3 is 2.78 bits per heavy atom. The van der Waals surface area contributed by atoms with Gasteiger partial charge in [0.1, 0.15) is 10.7 Å². The molecule has 0 aliphatic carbocycles. The number of hydrogen-bond acceptors (Lipinski definition) is 5. The Bertz CT molecular complexity index is 852. The fourth-order valence-corrected chi connectivity index (χ4v) is 4.72. The third kappa shape index (κ3) is 5.17. The molecule has 1 fully saturated rings. The van der Waals surface area contributed by atoms with Gasteiger partial charge in [0.15, 0.2) is 0 Å². The van der Waals surface area contributed by atoms with Crippen molar-refractivity contribution in [3.05, 3.63) is 26.6 Å². The molecule has 1 amide bonds. The molecule has 0 bridgehead atoms. The molecule has 6 nitrogen and oxygen atoms in total. The highest BCUT2D eigenvalue weighted by Gasteiger charge is 2.15. The van der Waals surface area contributed by atoms with Crippen molar-refractivity contribution in [1.82, 2.24) is 20.2 Å². The zero-order valence-corrected chi connectivity index (χ0v) is 17.4. The minimum Gasteiger partial charge on any atom is -0.356 e. The van der Waals surface area contributed by atoms with Gasteiger partial charge in [0.05, 0.1) is 5.39 Å². The number of amides is 1. The number of aryl methyl sites for hydroxylation is 3. The normalized spacial score (nSPS) is 16.6. The van der Waals surface area contributed by atoms with Crippen LogP contribution in [0.25, 0.3) is 10.2 Å². The van der Waals surface area contributed by atoms with Gasteiger partial charge in [0.25, 0.3) is 5.56 Å². The first kappa shape index (κ1) is 20.0. The van der Waals surface area contributed by atoms with Crippen LogP contribution in [0.5, 0.6) is 0 Å². The van der Waals surface area contributed by atoms with Gasteiger partial charge in [0, 0.05) is 30.8 Å². The molecule has 1 aliphatic heterocycles. The summed E-state index contributed by atoms with van der Waals surface area (Å²) in [4.78, 5) is 36.2. The molecule has 27 heavy (non-hydrogen) atoms. The zero-order valence-electron chi connectivity index (χ0n) is 16.6. The molecule has 3 heterocycles. The highest BCUT2D eigenvalue weighted by molar-refractivity contribution is 7.18. The van der Waals surface area contributed by atoms with Gasteiger partial charge in [-0.3, -0.25) is 9.59 Å². The van der Waals surface area contributed by atoms with Crippen molar-refractivity contribution in [2.45, 2.75) is 52.9 Å². The second-order valence-corrected chi connectivity index (χ2v) is 8.95. The van der Waals surface area contributed by atoms with Crippen LogP contribution in [-0.4, -0.2) is 47.0 Å². The molecule has 0 radical (unpaired) electrons. The van der Waals surface area contributed by atoms with E-state index in [1.807, 2.05) is 13.8 Å². The average Bonchev–Trinajstić information content (AvgIpc) is 2.93. The number of carbonyl (C=O) groups is 1. The van der Waals surface area contributed by atoms with Gasteiger partial charge in [-0.25, -0.2) is 4.98 Å². The summed E-state index contributed by atoms with van der Waals surface area (Å²) in [6.45, 7) is 10.2. The highest BCUT2D eigenvalue weighted by atomic mass is 32.1. The van der Waals surface area contributed by atoms with Crippen LogP contribution in [0.3, 0.4) is 0 Å². The summed E-state index contributed by atoms with van der Waals surface area (Å²) in [5.41, 5.74) is 0.892. The Hall–Kier alpha value is -1.73. The second kappa shape index (κ2) is 8.97. The van der Waals surface area contributed by atoms with Gasteiger partial charge in [-0.2, -0.15) is 0 Å². The molecule has 1 aliphatic rings. The standard InChI is InChI=1S/C20H30N4O2S/c1-13(12-24-9-5-4-6-10-24)11-21-17(25)8-7-16-22-19(26)18-14(2)15(3)27-20(18)23-16/h13H,4-12H2,1-3H3,(H,21,25)(H,22,23,26). The lowest BCUT2D eigenvalue weighted by Gasteiger charge is -2.29. The Labute approximate surface area is 164 Å². The third-order valence-electron chi connectivity index (χ3n) is 5.34. The van der Waals surface area contributed by atoms with Crippen LogP contribution >= 0.6 is 11.3 Å². The molecule has 2 aromatic rings. The predicted molar refractivity (Wildman–Crippen MR) is 111 cm³/mol. The smallest absolute Gasteiger partial charge is 0.259 e. The van der Waals surface area contributed by atoms with Crippen LogP contribution in [0.2, 0.25) is 0 Å². The van der Waals surface area contributed by atoms with E-state index in [1.165, 1.54) is 43.7 Å². The highest BCUT2D eigenvalue weighted by Crippen LogP contribution is 2.25. The Balaban J connectivity index is 1.47. The van der Waals surface area contributed by atoms with E-state index in [0.29, 0.717) is 36.5 Å². The number of piperidine rings is 1. The van der Waals surface area contributed by atoms with Crippen LogP contribution in [0, 0.1) is 19.8 Å². The first-order chi connectivity index (χ1) is 12.9. The number of hydrogen-bond donors (Lipinski definition) is 2. The molecule has 0 aromatic carbocycles. The van der Waals surface area contributed by atoms with Gasteiger partial charge in [0.2, 0.25) is 5.91 Å². The monoisotopic (exact) mass is 390 g/mol. The lowest BCUT2D eigenvalue weighted by Crippen LogP contribution is -2.38. The Morgan fingerprint density at radius 1 is 1.30 bits per heavy atom. The van der Waals surface area contributed by atoms with E-state index >= 15 is 0 Å². The van der Waals surface area contributed by atoms with E-state index in [1.54, 1.807) is 0 Å². The topological polar surface area (TPSA) is 78.1 Å². The number of aromatic nitrogens is 2. The number of aromatic amines is 1. The number of likely N-dealkylation sites (tertiary alicyclic amines) is 1. The molecule has 3 rings (SSSR count). The maximum atomic E-state index is 12.3. The molecule has 148 valence electrons. The van der Waals surface area contributed by atoms with Crippen LogP contribution in [0.1, 0.15) is 48.9 Å². The van der Waals surface area contributed by atoms with Crippen molar-refractivity contribution < 1.29 is 4.79 Å². The van der Waals surface area contributed by atoms with Crippen LogP contribution in [0.15, 0.2) is 4.79 Å². The van der Waals surface area contributed by atoms with Gasteiger partial charge >= 0.3 is 0 Å². The maximum absolute atomic E-state index is 12.3. The van der Waals surface area contributed by atoms with Crippen LogP contribution in [-0.2, 0) is 11.2 Å². The molecule has 2 aromatic heterocycles. The van der Waals surface area contributed by atoms with E-state index in [9.17, 15) is 9.59 Å². The average molecular weight is 391 g/mol. The van der Waals surface area contributed by atoms with Crippen molar-refractivity contribution in [2.75, 3.05) is 26.2 Å². The second-order valence-electron chi connectivity index (χ2n) is 7.75. The fourth-order valence-electron chi connectivity index (χ4n) is 3.67. The Morgan fingerprint density at radius 2 is 2.04 bits per heavy atom. The van der Waals surface area contributed by atoms with Crippen molar-refractivity contribution in [2.24, 2.45) is 5.92 Å². The molecule has 7 heteroatoms. The van der Waals surface area contributed by atoms with Gasteiger partial charge < -0.3 is 15.2 Å². The van der Waals surface area contributed by atoms with Gasteiger partial charge in [-0.1, -0.05) is 13.3 Å². The van der Waals surface area contributed by atoms with Crippen molar-refractivity contribution >= 4 is 27.5 Å². The van der Waals surface area contributed by atoms with E-state index in [4.69, 9.17) is 0 Å². The Kier molecular flexibility index (Phi) is 6.65. The number of carbonyl (C=O) groups excluding carboxylic acids is 1. The van der Waals surface area contributed by atoms with Crippen molar-refractivity contribution in [3.63, 3.8) is 0 Å². The third-order valence-corrected chi connectivity index (χ3v) is 6.44. The van der Waals surface area contributed by atoms with Gasteiger partial charge in [-0.05, 0) is 51.3 Å². The molecule has 0 saturated carbocycles. The van der Waals surface area contributed by atoms with E-state index in [2.05, 4.69) is 27.1 Å². The number of thiophene rings is 1. The lowest BCUT2D eigenvalue weighted by molar-refractivity contribution is -0.121. The first-order valence-electron chi connectivity index (χ1n) is 9.92. The molecule has 1 atom stereocenters.